The predicted octanol–water partition coefficient (Wildman–Crippen LogP) is 1.06. The second kappa shape index (κ2) is 3.96. The van der Waals surface area contributed by atoms with E-state index in [1.165, 1.54) is 0 Å². The highest BCUT2D eigenvalue weighted by Gasteiger charge is 2.30. The Morgan fingerprint density at radius 3 is 3.00 bits per heavy atom. The van der Waals surface area contributed by atoms with E-state index in [-0.39, 0.29) is 12.0 Å². The molecular formula is C11H15N5O. The molecule has 2 unspecified atom stereocenters. The van der Waals surface area contributed by atoms with Gasteiger partial charge in [-0.15, -0.1) is 0 Å². The minimum atomic E-state index is 0.143. The van der Waals surface area contributed by atoms with Gasteiger partial charge in [0, 0.05) is 25.5 Å². The van der Waals surface area contributed by atoms with Crippen LogP contribution in [-0.4, -0.2) is 25.7 Å². The SMILES string of the molecule is Cn1ccnc1-c1noc(C2CCCC2N)n1. The summed E-state index contributed by atoms with van der Waals surface area (Å²) in [6.45, 7) is 0. The number of hydrogen-bond acceptors (Lipinski definition) is 5. The van der Waals surface area contributed by atoms with Gasteiger partial charge < -0.3 is 14.8 Å². The van der Waals surface area contributed by atoms with Crippen LogP contribution >= 0.6 is 0 Å². The highest BCUT2D eigenvalue weighted by molar-refractivity contribution is 5.42. The topological polar surface area (TPSA) is 82.8 Å². The molecule has 17 heavy (non-hydrogen) atoms. The van der Waals surface area contributed by atoms with Crippen molar-refractivity contribution in [3.63, 3.8) is 0 Å². The second-order valence-corrected chi connectivity index (χ2v) is 4.52. The lowest BCUT2D eigenvalue weighted by atomic mass is 10.1. The van der Waals surface area contributed by atoms with Gasteiger partial charge in [-0.25, -0.2) is 4.98 Å². The van der Waals surface area contributed by atoms with Crippen molar-refractivity contribution in [2.75, 3.05) is 0 Å². The van der Waals surface area contributed by atoms with Crippen molar-refractivity contribution >= 4 is 0 Å². The fraction of sp³-hybridized carbons (Fsp3) is 0.545. The minimum absolute atomic E-state index is 0.143. The first kappa shape index (κ1) is 10.5. The number of nitrogens with zero attached hydrogens (tertiary/aromatic N) is 4. The van der Waals surface area contributed by atoms with Crippen LogP contribution in [0.3, 0.4) is 0 Å². The van der Waals surface area contributed by atoms with E-state index in [4.69, 9.17) is 10.3 Å². The molecule has 0 radical (unpaired) electrons. The van der Waals surface area contributed by atoms with Gasteiger partial charge in [0.1, 0.15) is 0 Å². The van der Waals surface area contributed by atoms with Gasteiger partial charge in [-0.3, -0.25) is 0 Å². The average molecular weight is 233 g/mol. The maximum atomic E-state index is 6.02. The van der Waals surface area contributed by atoms with Crippen molar-refractivity contribution in [2.24, 2.45) is 12.8 Å². The van der Waals surface area contributed by atoms with Crippen molar-refractivity contribution in [3.05, 3.63) is 18.3 Å². The lowest BCUT2D eigenvalue weighted by molar-refractivity contribution is 0.345. The Morgan fingerprint density at radius 2 is 2.35 bits per heavy atom. The first-order chi connectivity index (χ1) is 8.25. The molecule has 1 aliphatic carbocycles. The monoisotopic (exact) mass is 233 g/mol. The minimum Gasteiger partial charge on any atom is -0.338 e. The Hall–Kier alpha value is -1.69. The maximum Gasteiger partial charge on any atom is 0.238 e. The van der Waals surface area contributed by atoms with E-state index in [0.717, 1.165) is 19.3 Å². The first-order valence-corrected chi connectivity index (χ1v) is 5.82. The van der Waals surface area contributed by atoms with Crippen LogP contribution in [0.25, 0.3) is 11.6 Å². The summed E-state index contributed by atoms with van der Waals surface area (Å²) in [5.74, 6) is 2.10. The Bertz CT molecular complexity index is 517. The van der Waals surface area contributed by atoms with E-state index < -0.39 is 0 Å². The fourth-order valence-corrected chi connectivity index (χ4v) is 2.35. The summed E-state index contributed by atoms with van der Waals surface area (Å²) in [4.78, 5) is 8.60. The van der Waals surface area contributed by atoms with Crippen LogP contribution < -0.4 is 5.73 Å². The standard InChI is InChI=1S/C11H15N5O/c1-16-6-5-13-10(16)9-14-11(17-15-9)7-3-2-4-8(7)12/h5-8H,2-4,12H2,1H3. The summed E-state index contributed by atoms with van der Waals surface area (Å²) >= 11 is 0. The van der Waals surface area contributed by atoms with Gasteiger partial charge in [0.15, 0.2) is 5.82 Å². The zero-order valence-electron chi connectivity index (χ0n) is 9.71. The zero-order chi connectivity index (χ0) is 11.8. The molecule has 2 aromatic rings. The predicted molar refractivity (Wildman–Crippen MR) is 61.1 cm³/mol. The highest BCUT2D eigenvalue weighted by atomic mass is 16.5. The van der Waals surface area contributed by atoms with Crippen LogP contribution in [0.4, 0.5) is 0 Å². The molecule has 2 heterocycles. The third-order valence-electron chi connectivity index (χ3n) is 3.35. The van der Waals surface area contributed by atoms with Crippen LogP contribution in [0.1, 0.15) is 31.1 Å². The number of rotatable bonds is 2. The third-order valence-corrected chi connectivity index (χ3v) is 3.35. The molecule has 0 spiro atoms. The van der Waals surface area contributed by atoms with E-state index in [0.29, 0.717) is 17.5 Å². The van der Waals surface area contributed by atoms with E-state index in [9.17, 15) is 0 Å². The summed E-state index contributed by atoms with van der Waals surface area (Å²) in [5, 5.41) is 3.97. The van der Waals surface area contributed by atoms with E-state index in [1.54, 1.807) is 6.20 Å². The normalized spacial score (nSPS) is 24.4. The Labute approximate surface area is 98.8 Å². The largest absolute Gasteiger partial charge is 0.338 e. The van der Waals surface area contributed by atoms with Gasteiger partial charge in [-0.2, -0.15) is 4.98 Å². The maximum absolute atomic E-state index is 6.02. The Kier molecular flexibility index (Phi) is 2.44. The molecule has 2 atom stereocenters. The van der Waals surface area contributed by atoms with Crippen molar-refractivity contribution in [1.29, 1.82) is 0 Å². The Balaban J connectivity index is 1.90. The highest BCUT2D eigenvalue weighted by Crippen LogP contribution is 2.32. The summed E-state index contributed by atoms with van der Waals surface area (Å²) < 4.78 is 7.17. The van der Waals surface area contributed by atoms with Crippen LogP contribution in [0.15, 0.2) is 16.9 Å². The van der Waals surface area contributed by atoms with E-state index in [2.05, 4.69) is 15.1 Å². The van der Waals surface area contributed by atoms with Gasteiger partial charge in [-0.1, -0.05) is 11.6 Å². The molecule has 6 heteroatoms. The summed E-state index contributed by atoms with van der Waals surface area (Å²) in [5.41, 5.74) is 6.02. The number of aromatic nitrogens is 4. The molecule has 6 nitrogen and oxygen atoms in total. The number of imidazole rings is 1. The lowest BCUT2D eigenvalue weighted by Crippen LogP contribution is -2.22. The number of hydrogen-bond donors (Lipinski definition) is 1. The molecule has 0 bridgehead atoms. The lowest BCUT2D eigenvalue weighted by Gasteiger charge is -2.08. The molecule has 90 valence electrons. The molecule has 0 amide bonds. The molecule has 0 aromatic carbocycles. The summed E-state index contributed by atoms with van der Waals surface area (Å²) in [7, 11) is 1.90. The molecule has 1 saturated carbocycles. The molecule has 2 N–H and O–H groups in total. The van der Waals surface area contributed by atoms with Gasteiger partial charge in [0.25, 0.3) is 0 Å². The van der Waals surface area contributed by atoms with E-state index >= 15 is 0 Å². The fourth-order valence-electron chi connectivity index (χ4n) is 2.35. The average Bonchev–Trinajstić information content (AvgIpc) is 2.97. The molecule has 1 fully saturated rings. The second-order valence-electron chi connectivity index (χ2n) is 4.52. The van der Waals surface area contributed by atoms with Gasteiger partial charge in [0.2, 0.25) is 11.7 Å². The van der Waals surface area contributed by atoms with Crippen LogP contribution in [0.5, 0.6) is 0 Å². The van der Waals surface area contributed by atoms with Gasteiger partial charge in [-0.05, 0) is 12.8 Å². The molecule has 3 rings (SSSR count). The molecule has 0 aliphatic heterocycles. The molecule has 0 saturated heterocycles. The number of nitrogens with two attached hydrogens (primary N) is 1. The molecule has 2 aromatic heterocycles. The van der Waals surface area contributed by atoms with Gasteiger partial charge in [0.05, 0.1) is 5.92 Å². The van der Waals surface area contributed by atoms with Crippen molar-refractivity contribution in [1.82, 2.24) is 19.7 Å². The summed E-state index contributed by atoms with van der Waals surface area (Å²) in [6, 6.07) is 0.143. The van der Waals surface area contributed by atoms with E-state index in [1.807, 2.05) is 17.8 Å². The molecule has 1 aliphatic rings. The quantitative estimate of drug-likeness (QED) is 0.838. The first-order valence-electron chi connectivity index (χ1n) is 5.82. The van der Waals surface area contributed by atoms with Crippen molar-refractivity contribution < 1.29 is 4.52 Å². The smallest absolute Gasteiger partial charge is 0.238 e. The molecular weight excluding hydrogens is 218 g/mol. The zero-order valence-corrected chi connectivity index (χ0v) is 9.71. The van der Waals surface area contributed by atoms with Crippen molar-refractivity contribution in [3.8, 4) is 11.6 Å². The summed E-state index contributed by atoms with van der Waals surface area (Å²) in [6.07, 6.45) is 6.76. The third kappa shape index (κ3) is 1.74. The Morgan fingerprint density at radius 1 is 1.47 bits per heavy atom. The van der Waals surface area contributed by atoms with Crippen LogP contribution in [0.2, 0.25) is 0 Å². The van der Waals surface area contributed by atoms with Gasteiger partial charge >= 0.3 is 0 Å². The van der Waals surface area contributed by atoms with Crippen LogP contribution in [-0.2, 0) is 7.05 Å². The van der Waals surface area contributed by atoms with Crippen molar-refractivity contribution in [2.45, 2.75) is 31.2 Å². The van der Waals surface area contributed by atoms with Crippen LogP contribution in [0, 0.1) is 0 Å². The number of aryl methyl sites for hydroxylation is 1.